The van der Waals surface area contributed by atoms with Gasteiger partial charge in [-0.15, -0.1) is 24.8 Å². The molecule has 7 heteroatoms. The van der Waals surface area contributed by atoms with Crippen LogP contribution in [0, 0.1) is 0 Å². The van der Waals surface area contributed by atoms with Gasteiger partial charge in [0.1, 0.15) is 6.61 Å². The normalized spacial score (nSPS) is 9.41. The van der Waals surface area contributed by atoms with Crippen LogP contribution in [0.15, 0.2) is 29.3 Å². The second-order valence-corrected chi connectivity index (χ2v) is 5.20. The average Bonchev–Trinajstić information content (AvgIpc) is 2.45. The van der Waals surface area contributed by atoms with Gasteiger partial charge in [0, 0.05) is 6.54 Å². The number of nitrogens with one attached hydrogen (secondary N) is 2. The first-order valence-electron chi connectivity index (χ1n) is 6.68. The first-order valence-corrected chi connectivity index (χ1v) is 7.47. The van der Waals surface area contributed by atoms with E-state index in [1.165, 1.54) is 0 Å². The van der Waals surface area contributed by atoms with E-state index < -0.39 is 0 Å². The monoisotopic (exact) mass is 414 g/mol. The molecule has 0 atom stereocenters. The molecule has 1 aromatic rings. The SMILES string of the molecule is C=CCOc1c(Br)cc(CNCCCNC)cc1OC.Cl.Cl. The summed E-state index contributed by atoms with van der Waals surface area (Å²) in [6, 6.07) is 4.04. The average molecular weight is 416 g/mol. The number of ether oxygens (including phenoxy) is 2. The molecule has 0 aliphatic carbocycles. The zero-order chi connectivity index (χ0) is 14.8. The molecule has 1 rings (SSSR count). The van der Waals surface area contributed by atoms with Crippen LogP contribution in [-0.2, 0) is 6.54 Å². The fourth-order valence-corrected chi connectivity index (χ4v) is 2.38. The molecule has 0 amide bonds. The van der Waals surface area contributed by atoms with Crippen molar-refractivity contribution in [3.8, 4) is 11.5 Å². The number of halogens is 3. The van der Waals surface area contributed by atoms with Crippen molar-refractivity contribution >= 4 is 40.7 Å². The second-order valence-electron chi connectivity index (χ2n) is 4.34. The van der Waals surface area contributed by atoms with Crippen molar-refractivity contribution in [2.75, 3.05) is 33.9 Å². The lowest BCUT2D eigenvalue weighted by molar-refractivity contribution is 0.324. The highest BCUT2D eigenvalue weighted by atomic mass is 79.9. The quantitative estimate of drug-likeness (QED) is 0.452. The van der Waals surface area contributed by atoms with E-state index in [4.69, 9.17) is 9.47 Å². The van der Waals surface area contributed by atoms with Gasteiger partial charge in [-0.05, 0) is 60.2 Å². The van der Waals surface area contributed by atoms with Crippen LogP contribution in [0.5, 0.6) is 11.5 Å². The van der Waals surface area contributed by atoms with Crippen LogP contribution in [0.25, 0.3) is 0 Å². The molecule has 0 aliphatic heterocycles. The van der Waals surface area contributed by atoms with Gasteiger partial charge in [-0.2, -0.15) is 0 Å². The van der Waals surface area contributed by atoms with Gasteiger partial charge in [0.05, 0.1) is 11.6 Å². The predicted octanol–water partition coefficient (Wildman–Crippen LogP) is 3.57. The van der Waals surface area contributed by atoms with Crippen molar-refractivity contribution in [3.63, 3.8) is 0 Å². The maximum Gasteiger partial charge on any atom is 0.175 e. The van der Waals surface area contributed by atoms with E-state index in [2.05, 4.69) is 33.1 Å². The number of hydrogen-bond acceptors (Lipinski definition) is 4. The molecule has 0 aromatic heterocycles. The maximum atomic E-state index is 5.60. The Balaban J connectivity index is 0. The molecular formula is C15H25BrCl2N2O2. The summed E-state index contributed by atoms with van der Waals surface area (Å²) < 4.78 is 11.9. The first kappa shape index (κ1) is 23.8. The molecule has 1 aromatic carbocycles. The van der Waals surface area contributed by atoms with Crippen molar-refractivity contribution in [3.05, 3.63) is 34.8 Å². The molecule has 0 aliphatic rings. The first-order chi connectivity index (χ1) is 9.72. The minimum atomic E-state index is 0. The van der Waals surface area contributed by atoms with Gasteiger partial charge >= 0.3 is 0 Å². The summed E-state index contributed by atoms with van der Waals surface area (Å²) in [5.74, 6) is 1.44. The summed E-state index contributed by atoms with van der Waals surface area (Å²) in [6.45, 7) is 6.91. The Labute approximate surface area is 154 Å². The largest absolute Gasteiger partial charge is 0.493 e. The third-order valence-corrected chi connectivity index (χ3v) is 3.33. The summed E-state index contributed by atoms with van der Waals surface area (Å²) in [7, 11) is 3.61. The Kier molecular flexibility index (Phi) is 15.3. The zero-order valence-electron chi connectivity index (χ0n) is 13.0. The summed E-state index contributed by atoms with van der Waals surface area (Å²) in [4.78, 5) is 0. The molecule has 0 unspecified atom stereocenters. The van der Waals surface area contributed by atoms with E-state index in [1.807, 2.05) is 19.2 Å². The lowest BCUT2D eigenvalue weighted by Crippen LogP contribution is -2.19. The molecule has 128 valence electrons. The van der Waals surface area contributed by atoms with E-state index in [0.717, 1.165) is 41.8 Å². The van der Waals surface area contributed by atoms with Crippen molar-refractivity contribution in [2.45, 2.75) is 13.0 Å². The standard InChI is InChI=1S/C15H23BrN2O2.2ClH/c1-4-8-20-15-13(16)9-12(10-14(15)19-3)11-18-7-5-6-17-2;;/h4,9-10,17-18H,1,5-8,11H2,2-3H3;2*1H. The number of rotatable bonds is 10. The van der Waals surface area contributed by atoms with Crippen LogP contribution in [0.3, 0.4) is 0 Å². The van der Waals surface area contributed by atoms with E-state index in [9.17, 15) is 0 Å². The van der Waals surface area contributed by atoms with Gasteiger partial charge in [0.15, 0.2) is 11.5 Å². The van der Waals surface area contributed by atoms with Gasteiger partial charge in [0.25, 0.3) is 0 Å². The minimum absolute atomic E-state index is 0. The molecule has 0 saturated heterocycles. The highest BCUT2D eigenvalue weighted by molar-refractivity contribution is 9.10. The van der Waals surface area contributed by atoms with Crippen LogP contribution in [0.4, 0.5) is 0 Å². The van der Waals surface area contributed by atoms with Crippen molar-refractivity contribution in [1.29, 1.82) is 0 Å². The molecule has 0 fully saturated rings. The molecule has 22 heavy (non-hydrogen) atoms. The maximum absolute atomic E-state index is 5.60. The Morgan fingerprint density at radius 2 is 2.00 bits per heavy atom. The van der Waals surface area contributed by atoms with Crippen molar-refractivity contribution < 1.29 is 9.47 Å². The van der Waals surface area contributed by atoms with E-state index in [0.29, 0.717) is 12.4 Å². The topological polar surface area (TPSA) is 42.5 Å². The van der Waals surface area contributed by atoms with Crippen LogP contribution in [0.2, 0.25) is 0 Å². The van der Waals surface area contributed by atoms with Crippen molar-refractivity contribution in [2.24, 2.45) is 0 Å². The van der Waals surface area contributed by atoms with Gasteiger partial charge < -0.3 is 20.1 Å². The smallest absolute Gasteiger partial charge is 0.175 e. The molecule has 0 saturated carbocycles. The number of methoxy groups -OCH3 is 1. The molecule has 2 N–H and O–H groups in total. The molecule has 0 heterocycles. The van der Waals surface area contributed by atoms with Crippen LogP contribution in [0.1, 0.15) is 12.0 Å². The fraction of sp³-hybridized carbons (Fsp3) is 0.467. The highest BCUT2D eigenvalue weighted by Crippen LogP contribution is 2.36. The zero-order valence-corrected chi connectivity index (χ0v) is 16.2. The summed E-state index contributed by atoms with van der Waals surface area (Å²) in [5.41, 5.74) is 1.16. The fourth-order valence-electron chi connectivity index (χ4n) is 1.78. The molecular weight excluding hydrogens is 391 g/mol. The summed E-state index contributed by atoms with van der Waals surface area (Å²) in [6.07, 6.45) is 2.82. The molecule has 0 radical (unpaired) electrons. The minimum Gasteiger partial charge on any atom is -0.493 e. The van der Waals surface area contributed by atoms with Gasteiger partial charge in [-0.1, -0.05) is 12.7 Å². The third-order valence-electron chi connectivity index (χ3n) is 2.74. The van der Waals surface area contributed by atoms with E-state index in [-0.39, 0.29) is 24.8 Å². The summed E-state index contributed by atoms with van der Waals surface area (Å²) in [5, 5.41) is 6.53. The third kappa shape index (κ3) is 8.25. The molecule has 4 nitrogen and oxygen atoms in total. The summed E-state index contributed by atoms with van der Waals surface area (Å²) >= 11 is 3.53. The van der Waals surface area contributed by atoms with Crippen LogP contribution in [-0.4, -0.2) is 33.9 Å². The van der Waals surface area contributed by atoms with Crippen LogP contribution >= 0.6 is 40.7 Å². The lowest BCUT2D eigenvalue weighted by Gasteiger charge is -2.14. The predicted molar refractivity (Wildman–Crippen MR) is 101 cm³/mol. The van der Waals surface area contributed by atoms with Crippen molar-refractivity contribution in [1.82, 2.24) is 10.6 Å². The van der Waals surface area contributed by atoms with E-state index >= 15 is 0 Å². The number of benzene rings is 1. The van der Waals surface area contributed by atoms with Gasteiger partial charge in [0.2, 0.25) is 0 Å². The van der Waals surface area contributed by atoms with E-state index in [1.54, 1.807) is 13.2 Å². The van der Waals surface area contributed by atoms with Gasteiger partial charge in [-0.25, -0.2) is 0 Å². The molecule has 0 bridgehead atoms. The highest BCUT2D eigenvalue weighted by Gasteiger charge is 2.11. The Morgan fingerprint density at radius 1 is 1.27 bits per heavy atom. The van der Waals surface area contributed by atoms with Crippen LogP contribution < -0.4 is 20.1 Å². The second kappa shape index (κ2) is 14.2. The lowest BCUT2D eigenvalue weighted by atomic mass is 10.2. The molecule has 0 spiro atoms. The Hall–Kier alpha value is -0.460. The Morgan fingerprint density at radius 3 is 2.59 bits per heavy atom. The number of hydrogen-bond donors (Lipinski definition) is 2. The van der Waals surface area contributed by atoms with Gasteiger partial charge in [-0.3, -0.25) is 0 Å². The Bertz CT molecular complexity index is 434.